The molecule has 0 aromatic carbocycles. The number of alkyl halides is 3. The lowest BCUT2D eigenvalue weighted by molar-refractivity contribution is -0.117. The van der Waals surface area contributed by atoms with Crippen molar-refractivity contribution in [3.05, 3.63) is 12.3 Å². The molecule has 0 aliphatic heterocycles. The van der Waals surface area contributed by atoms with Crippen LogP contribution < -0.4 is 0 Å². The number of allylic oxidation sites excluding steroid dienone is 1. The van der Waals surface area contributed by atoms with Gasteiger partial charge in [-0.1, -0.05) is 41.4 Å². The molecule has 0 aromatic rings. The molecule has 0 fully saturated rings. The highest BCUT2D eigenvalue weighted by atomic mass is 35.6. The minimum absolute atomic E-state index is 0.132. The third-order valence-corrected chi connectivity index (χ3v) is 1.34. The normalized spacial score (nSPS) is 10.9. The summed E-state index contributed by atoms with van der Waals surface area (Å²) in [5, 5.41) is 0. The number of carbonyl (C=O) groups is 1. The van der Waals surface area contributed by atoms with Crippen LogP contribution in [0.3, 0.4) is 0 Å². The highest BCUT2D eigenvalue weighted by Crippen LogP contribution is 2.29. The Hall–Kier alpha value is 0.0800. The fourth-order valence-corrected chi connectivity index (χ4v) is 0.714. The molecule has 0 aliphatic rings. The molecule has 11 heavy (non-hydrogen) atoms. The zero-order valence-corrected chi connectivity index (χ0v) is 8.13. The molecular formula is C6H7Cl3O2. The van der Waals surface area contributed by atoms with Gasteiger partial charge in [0.05, 0.1) is 6.61 Å². The predicted molar refractivity (Wildman–Crippen MR) is 46.1 cm³/mol. The maximum atomic E-state index is 10.9. The number of rotatable bonds is 3. The van der Waals surface area contributed by atoms with E-state index in [9.17, 15) is 4.79 Å². The van der Waals surface area contributed by atoms with Crippen LogP contribution >= 0.6 is 34.8 Å². The second kappa shape index (κ2) is 4.19. The molecule has 5 heteroatoms. The van der Waals surface area contributed by atoms with Gasteiger partial charge < -0.3 is 4.74 Å². The summed E-state index contributed by atoms with van der Waals surface area (Å²) < 4.78 is 2.77. The van der Waals surface area contributed by atoms with Crippen LogP contribution in [0.4, 0.5) is 0 Å². The molecule has 0 unspecified atom stereocenters. The Morgan fingerprint density at radius 1 is 1.55 bits per heavy atom. The van der Waals surface area contributed by atoms with Crippen molar-refractivity contribution in [3.8, 4) is 0 Å². The second-order valence-electron chi connectivity index (χ2n) is 1.68. The summed E-state index contributed by atoms with van der Waals surface area (Å²) >= 11 is 15.8. The fourth-order valence-electron chi connectivity index (χ4n) is 0.398. The Morgan fingerprint density at radius 3 is 2.27 bits per heavy atom. The molecule has 2 nitrogen and oxygen atoms in total. The highest BCUT2D eigenvalue weighted by Gasteiger charge is 2.33. The van der Waals surface area contributed by atoms with E-state index in [4.69, 9.17) is 39.5 Å². The van der Waals surface area contributed by atoms with Gasteiger partial charge in [-0.2, -0.15) is 0 Å². The van der Waals surface area contributed by atoms with Gasteiger partial charge in [-0.25, -0.2) is 0 Å². The zero-order chi connectivity index (χ0) is 9.07. The van der Waals surface area contributed by atoms with Crippen LogP contribution in [0.2, 0.25) is 0 Å². The number of Topliss-reactive ketones (excluding diaryl/α,β-unsaturated/α-hetero) is 1. The maximum Gasteiger partial charge on any atom is 0.256 e. The standard InChI is InChI=1S/C6H7Cl3O2/c1-3-11-4(2)5(10)6(7,8)9/h2-3H2,1H3. The lowest BCUT2D eigenvalue weighted by Crippen LogP contribution is -2.21. The fraction of sp³-hybridized carbons (Fsp3) is 0.500. The van der Waals surface area contributed by atoms with Gasteiger partial charge in [-0.05, 0) is 6.92 Å². The van der Waals surface area contributed by atoms with Gasteiger partial charge in [0.2, 0.25) is 5.78 Å². The monoisotopic (exact) mass is 216 g/mol. The van der Waals surface area contributed by atoms with E-state index in [1.807, 2.05) is 0 Å². The Morgan fingerprint density at radius 2 is 2.00 bits per heavy atom. The van der Waals surface area contributed by atoms with E-state index >= 15 is 0 Å². The van der Waals surface area contributed by atoms with E-state index in [2.05, 4.69) is 6.58 Å². The molecule has 0 atom stereocenters. The second-order valence-corrected chi connectivity index (χ2v) is 3.96. The lowest BCUT2D eigenvalue weighted by Gasteiger charge is -2.10. The van der Waals surface area contributed by atoms with Crippen LogP contribution in [0.25, 0.3) is 0 Å². The van der Waals surface area contributed by atoms with Gasteiger partial charge in [0.25, 0.3) is 3.79 Å². The summed E-state index contributed by atoms with van der Waals surface area (Å²) in [5.74, 6) is -0.864. The number of halogens is 3. The first-order chi connectivity index (χ1) is 4.89. The topological polar surface area (TPSA) is 26.3 Å². The molecule has 0 aliphatic carbocycles. The van der Waals surface area contributed by atoms with E-state index < -0.39 is 9.58 Å². The number of carbonyl (C=O) groups excluding carboxylic acids is 1. The highest BCUT2D eigenvalue weighted by molar-refractivity contribution is 6.77. The molecule has 0 rings (SSSR count). The Bertz CT molecular complexity index is 171. The minimum atomic E-state index is -1.97. The summed E-state index contributed by atoms with van der Waals surface area (Å²) in [7, 11) is 0. The smallest absolute Gasteiger partial charge is 0.256 e. The number of ketones is 1. The van der Waals surface area contributed by atoms with Crippen LogP contribution in [0.1, 0.15) is 6.92 Å². The first kappa shape index (κ1) is 11.1. The molecule has 0 aromatic heterocycles. The van der Waals surface area contributed by atoms with Crippen molar-refractivity contribution in [1.29, 1.82) is 0 Å². The Balaban J connectivity index is 4.15. The van der Waals surface area contributed by atoms with Crippen molar-refractivity contribution in [3.63, 3.8) is 0 Å². The largest absolute Gasteiger partial charge is 0.491 e. The third kappa shape index (κ3) is 3.85. The molecule has 0 N–H and O–H groups in total. The van der Waals surface area contributed by atoms with Crippen molar-refractivity contribution >= 4 is 40.6 Å². The van der Waals surface area contributed by atoms with E-state index in [0.29, 0.717) is 6.61 Å². The molecule has 0 saturated carbocycles. The van der Waals surface area contributed by atoms with E-state index in [1.165, 1.54) is 0 Å². The van der Waals surface area contributed by atoms with Gasteiger partial charge in [0.1, 0.15) is 0 Å². The molecule has 0 saturated heterocycles. The summed E-state index contributed by atoms with van der Waals surface area (Å²) in [6.45, 7) is 5.32. The van der Waals surface area contributed by atoms with Crippen LogP contribution in [0, 0.1) is 0 Å². The maximum absolute atomic E-state index is 10.9. The van der Waals surface area contributed by atoms with E-state index in [-0.39, 0.29) is 5.76 Å². The SMILES string of the molecule is C=C(OCC)C(=O)C(Cl)(Cl)Cl. The summed E-state index contributed by atoms with van der Waals surface area (Å²) in [5.41, 5.74) is 0. The summed E-state index contributed by atoms with van der Waals surface area (Å²) in [4.78, 5) is 10.9. The lowest BCUT2D eigenvalue weighted by atomic mass is 10.4. The molecule has 64 valence electrons. The van der Waals surface area contributed by atoms with Gasteiger partial charge in [0.15, 0.2) is 5.76 Å². The van der Waals surface area contributed by atoms with Crippen LogP contribution in [-0.2, 0) is 9.53 Å². The average molecular weight is 217 g/mol. The van der Waals surface area contributed by atoms with Crippen molar-refractivity contribution in [2.45, 2.75) is 10.7 Å². The van der Waals surface area contributed by atoms with Crippen LogP contribution in [0.5, 0.6) is 0 Å². The quantitative estimate of drug-likeness (QED) is 0.412. The van der Waals surface area contributed by atoms with Gasteiger partial charge >= 0.3 is 0 Å². The van der Waals surface area contributed by atoms with Gasteiger partial charge in [0, 0.05) is 0 Å². The van der Waals surface area contributed by atoms with Crippen LogP contribution in [-0.4, -0.2) is 16.2 Å². The van der Waals surface area contributed by atoms with Crippen molar-refractivity contribution in [1.82, 2.24) is 0 Å². The Kier molecular flexibility index (Phi) is 4.22. The van der Waals surface area contributed by atoms with Crippen molar-refractivity contribution in [2.75, 3.05) is 6.61 Å². The summed E-state index contributed by atoms with van der Waals surface area (Å²) in [6.07, 6.45) is 0. The van der Waals surface area contributed by atoms with Gasteiger partial charge in [-0.3, -0.25) is 4.79 Å². The summed E-state index contributed by atoms with van der Waals surface area (Å²) in [6, 6.07) is 0. The zero-order valence-electron chi connectivity index (χ0n) is 5.86. The van der Waals surface area contributed by atoms with Crippen molar-refractivity contribution in [2.24, 2.45) is 0 Å². The molecule has 0 radical (unpaired) electrons. The third-order valence-electron chi connectivity index (χ3n) is 0.829. The van der Waals surface area contributed by atoms with Gasteiger partial charge in [-0.15, -0.1) is 0 Å². The number of ether oxygens (including phenoxy) is 1. The first-order valence-electron chi connectivity index (χ1n) is 2.82. The molecule has 0 amide bonds. The predicted octanol–water partition coefficient (Wildman–Crippen LogP) is 2.48. The Labute approximate surface area is 80.1 Å². The molecule has 0 heterocycles. The number of hydrogen-bond donors (Lipinski definition) is 0. The first-order valence-corrected chi connectivity index (χ1v) is 3.96. The minimum Gasteiger partial charge on any atom is -0.491 e. The average Bonchev–Trinajstić information content (AvgIpc) is 1.85. The van der Waals surface area contributed by atoms with Crippen molar-refractivity contribution < 1.29 is 9.53 Å². The molecule has 0 bridgehead atoms. The molecule has 0 spiro atoms. The van der Waals surface area contributed by atoms with E-state index in [0.717, 1.165) is 0 Å². The number of hydrogen-bond acceptors (Lipinski definition) is 2. The van der Waals surface area contributed by atoms with E-state index in [1.54, 1.807) is 6.92 Å². The molecular weight excluding hydrogens is 210 g/mol. The van der Waals surface area contributed by atoms with Crippen LogP contribution in [0.15, 0.2) is 12.3 Å².